The van der Waals surface area contributed by atoms with Crippen LogP contribution >= 0.6 is 0 Å². The van der Waals surface area contributed by atoms with Crippen LogP contribution in [0.4, 0.5) is 10.1 Å². The third-order valence-electron chi connectivity index (χ3n) is 7.23. The Bertz CT molecular complexity index is 1190. The van der Waals surface area contributed by atoms with Gasteiger partial charge in [-0.1, -0.05) is 0 Å². The van der Waals surface area contributed by atoms with Gasteiger partial charge in [-0.05, 0) is 103 Å². The highest BCUT2D eigenvalue weighted by Gasteiger charge is 2.45. The first-order chi connectivity index (χ1) is 15.5. The van der Waals surface area contributed by atoms with Crippen molar-refractivity contribution in [1.29, 1.82) is 5.26 Å². The summed E-state index contributed by atoms with van der Waals surface area (Å²) < 4.78 is 13.8. The molecule has 5 rings (SSSR count). The van der Waals surface area contributed by atoms with Gasteiger partial charge >= 0.3 is 0 Å². The first-order valence-corrected chi connectivity index (χ1v) is 11.0. The van der Waals surface area contributed by atoms with Crippen molar-refractivity contribution in [2.24, 2.45) is 17.8 Å². The Morgan fingerprint density at radius 1 is 1.09 bits per heavy atom. The summed E-state index contributed by atoms with van der Waals surface area (Å²) in [6.45, 7) is 0. The van der Waals surface area contributed by atoms with Gasteiger partial charge in [-0.2, -0.15) is 5.26 Å². The van der Waals surface area contributed by atoms with E-state index in [0.29, 0.717) is 29.0 Å². The van der Waals surface area contributed by atoms with Crippen molar-refractivity contribution in [3.63, 3.8) is 0 Å². The van der Waals surface area contributed by atoms with Crippen molar-refractivity contribution in [1.82, 2.24) is 4.98 Å². The molecule has 2 aliphatic carbocycles. The van der Waals surface area contributed by atoms with Crippen LogP contribution in [0.15, 0.2) is 54.7 Å². The van der Waals surface area contributed by atoms with Crippen LogP contribution in [-0.4, -0.2) is 22.1 Å². The molecule has 0 spiro atoms. The van der Waals surface area contributed by atoms with E-state index in [1.54, 1.807) is 42.6 Å². The minimum atomic E-state index is -1.05. The van der Waals surface area contributed by atoms with E-state index >= 15 is 0 Å². The summed E-state index contributed by atoms with van der Waals surface area (Å²) >= 11 is 0. The highest BCUT2D eigenvalue weighted by atomic mass is 19.1. The molecule has 2 fully saturated rings. The largest absolute Gasteiger partial charge is 0.383 e. The molecule has 6 heteroatoms. The molecule has 0 bridgehead atoms. The lowest BCUT2D eigenvalue weighted by Crippen LogP contribution is -2.33. The molecule has 2 N–H and O–H groups in total. The van der Waals surface area contributed by atoms with Gasteiger partial charge in [0.05, 0.1) is 17.1 Å². The number of fused-ring (bicyclic) bond motifs is 2. The Balaban J connectivity index is 1.23. The molecule has 3 unspecified atom stereocenters. The first-order valence-electron chi connectivity index (χ1n) is 11.0. The maximum absolute atomic E-state index is 13.8. The predicted molar refractivity (Wildman–Crippen MR) is 119 cm³/mol. The zero-order chi connectivity index (χ0) is 22.2. The molecule has 5 atom stereocenters. The van der Waals surface area contributed by atoms with Gasteiger partial charge in [-0.15, -0.1) is 0 Å². The van der Waals surface area contributed by atoms with E-state index in [9.17, 15) is 14.3 Å². The van der Waals surface area contributed by atoms with Gasteiger partial charge in [0, 0.05) is 17.3 Å². The highest BCUT2D eigenvalue weighted by Crippen LogP contribution is 2.53. The van der Waals surface area contributed by atoms with E-state index in [-0.39, 0.29) is 11.7 Å². The fourth-order valence-corrected chi connectivity index (χ4v) is 5.73. The number of amides is 1. The zero-order valence-electron chi connectivity index (χ0n) is 17.5. The van der Waals surface area contributed by atoms with Crippen molar-refractivity contribution in [3.8, 4) is 6.07 Å². The molecule has 32 heavy (non-hydrogen) atoms. The van der Waals surface area contributed by atoms with Crippen molar-refractivity contribution < 1.29 is 14.3 Å². The fraction of sp³-hybridized carbons (Fsp3) is 0.346. The lowest BCUT2D eigenvalue weighted by atomic mass is 9.89. The summed E-state index contributed by atoms with van der Waals surface area (Å²) in [6, 6.07) is 15.4. The quantitative estimate of drug-likeness (QED) is 0.626. The molecule has 3 aromatic rings. The second-order valence-electron chi connectivity index (χ2n) is 9.10. The first kappa shape index (κ1) is 20.6. The smallest absolute Gasteiger partial charge is 0.253 e. The lowest BCUT2D eigenvalue weighted by molar-refractivity contribution is -0.126. The monoisotopic (exact) mass is 429 g/mol. The Hall–Kier alpha value is -3.30. The topological polar surface area (TPSA) is 86.0 Å². The Kier molecular flexibility index (Phi) is 5.36. The molecule has 162 valence electrons. The molecule has 1 heterocycles. The van der Waals surface area contributed by atoms with Gasteiger partial charge < -0.3 is 10.4 Å². The number of aliphatic hydroxyl groups excluding tert-OH is 1. The molecular formula is C26H24FN3O2. The van der Waals surface area contributed by atoms with E-state index in [1.807, 2.05) is 12.1 Å². The third kappa shape index (κ3) is 3.85. The number of nitrogens with zero attached hydrogens (tertiary/aromatic N) is 2. The van der Waals surface area contributed by atoms with Gasteiger partial charge in [0.1, 0.15) is 11.9 Å². The fourth-order valence-electron chi connectivity index (χ4n) is 5.73. The molecule has 2 aliphatic rings. The number of hydrogen-bond donors (Lipinski definition) is 2. The van der Waals surface area contributed by atoms with Crippen molar-refractivity contribution in [2.45, 2.75) is 37.7 Å². The maximum atomic E-state index is 13.8. The Labute approximate surface area is 185 Å². The molecular weight excluding hydrogens is 405 g/mol. The van der Waals surface area contributed by atoms with Crippen molar-refractivity contribution in [3.05, 3.63) is 71.7 Å². The van der Waals surface area contributed by atoms with Crippen LogP contribution in [0.5, 0.6) is 0 Å². The average molecular weight is 429 g/mol. The zero-order valence-corrected chi connectivity index (χ0v) is 17.5. The van der Waals surface area contributed by atoms with Gasteiger partial charge in [-0.25, -0.2) is 4.39 Å². The minimum absolute atomic E-state index is 0.0593. The van der Waals surface area contributed by atoms with Crippen molar-refractivity contribution in [2.75, 3.05) is 5.32 Å². The van der Waals surface area contributed by atoms with E-state index in [2.05, 4.69) is 10.3 Å². The average Bonchev–Trinajstić information content (AvgIpc) is 3.38. The lowest BCUT2D eigenvalue weighted by Gasteiger charge is -2.20. The van der Waals surface area contributed by atoms with Crippen molar-refractivity contribution >= 4 is 22.5 Å². The summed E-state index contributed by atoms with van der Waals surface area (Å²) in [4.78, 5) is 16.9. The van der Waals surface area contributed by atoms with E-state index in [4.69, 9.17) is 5.26 Å². The van der Waals surface area contributed by atoms with Gasteiger partial charge in [0.25, 0.3) is 5.91 Å². The standard InChI is InChI=1S/C26H24FN3O2/c27-20-3-6-24-23(13-20)22(7-8-29-24)18-9-16-11-19(12-17(16)10-18)25(31)26(32)30-21-4-1-15(14-28)2-5-21/h1-8,13,16-19,25,31H,9-12H2,(H,30,32)/t16-,17+,18?,19?,25?. The molecule has 0 aliphatic heterocycles. The summed E-state index contributed by atoms with van der Waals surface area (Å²) in [7, 11) is 0. The molecule has 0 saturated heterocycles. The number of carbonyl (C=O) groups is 1. The van der Waals surface area contributed by atoms with Crippen LogP contribution in [0, 0.1) is 34.9 Å². The number of carbonyl (C=O) groups excluding carboxylic acids is 1. The Morgan fingerprint density at radius 3 is 2.50 bits per heavy atom. The van der Waals surface area contributed by atoms with Crippen LogP contribution in [0.3, 0.4) is 0 Å². The number of nitriles is 1. The number of rotatable bonds is 4. The number of benzene rings is 2. The van der Waals surface area contributed by atoms with Gasteiger partial charge in [0.2, 0.25) is 0 Å². The number of halogens is 1. The molecule has 1 amide bonds. The number of anilines is 1. The van der Waals surface area contributed by atoms with E-state index in [0.717, 1.165) is 42.1 Å². The van der Waals surface area contributed by atoms with Gasteiger partial charge in [0.15, 0.2) is 0 Å². The molecule has 0 radical (unpaired) electrons. The van der Waals surface area contributed by atoms with Crippen LogP contribution in [0.2, 0.25) is 0 Å². The van der Waals surface area contributed by atoms with Crippen LogP contribution in [-0.2, 0) is 4.79 Å². The third-order valence-corrected chi connectivity index (χ3v) is 7.23. The minimum Gasteiger partial charge on any atom is -0.383 e. The highest BCUT2D eigenvalue weighted by molar-refractivity contribution is 5.94. The molecule has 2 saturated carbocycles. The van der Waals surface area contributed by atoms with Crippen LogP contribution in [0.25, 0.3) is 10.9 Å². The predicted octanol–water partition coefficient (Wildman–Crippen LogP) is 4.76. The number of hydrogen-bond acceptors (Lipinski definition) is 4. The SMILES string of the molecule is N#Cc1ccc(NC(=O)C(O)C2C[C@H]3CC(c4ccnc5ccc(F)cc45)C[C@H]3C2)cc1. The number of aliphatic hydroxyl groups is 1. The number of pyridine rings is 1. The van der Waals surface area contributed by atoms with Crippen LogP contribution in [0.1, 0.15) is 42.7 Å². The summed E-state index contributed by atoms with van der Waals surface area (Å²) in [5.41, 5.74) is 3.06. The molecule has 2 aromatic carbocycles. The van der Waals surface area contributed by atoms with E-state index < -0.39 is 12.0 Å². The maximum Gasteiger partial charge on any atom is 0.253 e. The summed E-state index contributed by atoms with van der Waals surface area (Å²) in [5.74, 6) is 0.560. The summed E-state index contributed by atoms with van der Waals surface area (Å²) in [6.07, 6.45) is 4.36. The van der Waals surface area contributed by atoms with Crippen LogP contribution < -0.4 is 5.32 Å². The van der Waals surface area contributed by atoms with Gasteiger partial charge in [-0.3, -0.25) is 9.78 Å². The Morgan fingerprint density at radius 2 is 1.81 bits per heavy atom. The normalized spacial score (nSPS) is 25.3. The second kappa shape index (κ2) is 8.33. The second-order valence-corrected chi connectivity index (χ2v) is 9.10. The summed E-state index contributed by atoms with van der Waals surface area (Å²) in [5, 5.41) is 23.2. The molecule has 5 nitrogen and oxygen atoms in total. The van der Waals surface area contributed by atoms with E-state index in [1.165, 1.54) is 6.07 Å². The number of aromatic nitrogens is 1. The number of nitrogens with one attached hydrogen (secondary N) is 1. The molecule has 1 aromatic heterocycles.